The molecule has 0 aliphatic carbocycles. The van der Waals surface area contributed by atoms with Crippen molar-refractivity contribution in [2.75, 3.05) is 0 Å². The van der Waals surface area contributed by atoms with Crippen molar-refractivity contribution >= 4 is 0 Å². The first-order valence-corrected chi connectivity index (χ1v) is 5.24. The molecule has 0 radical (unpaired) electrons. The van der Waals surface area contributed by atoms with Crippen LogP contribution in [0.2, 0.25) is 0 Å². The second kappa shape index (κ2) is 6.47. The zero-order valence-electron chi connectivity index (χ0n) is 9.01. The molecule has 0 fully saturated rings. The van der Waals surface area contributed by atoms with Crippen LogP contribution in [0.5, 0.6) is 0 Å². The quantitative estimate of drug-likeness (QED) is 0.652. The SMILES string of the molecule is CCC[C@H](C)C[C@H](C)C[C@@H](C)O. The highest BCUT2D eigenvalue weighted by Gasteiger charge is 2.09. The molecule has 0 aliphatic rings. The number of rotatable bonds is 6. The Hall–Kier alpha value is -0.0400. The molecule has 0 bridgehead atoms. The van der Waals surface area contributed by atoms with Gasteiger partial charge in [-0.2, -0.15) is 0 Å². The van der Waals surface area contributed by atoms with Crippen molar-refractivity contribution in [2.24, 2.45) is 11.8 Å². The van der Waals surface area contributed by atoms with E-state index in [1.54, 1.807) is 0 Å². The summed E-state index contributed by atoms with van der Waals surface area (Å²) < 4.78 is 0. The van der Waals surface area contributed by atoms with Crippen molar-refractivity contribution in [3.8, 4) is 0 Å². The normalized spacial score (nSPS) is 18.8. The molecule has 0 heterocycles. The number of aliphatic hydroxyl groups is 1. The minimum absolute atomic E-state index is 0.131. The Bertz CT molecular complexity index is 99.2. The lowest BCUT2D eigenvalue weighted by atomic mass is 9.90. The maximum absolute atomic E-state index is 9.17. The number of hydrogen-bond acceptors (Lipinski definition) is 1. The van der Waals surface area contributed by atoms with E-state index in [0.29, 0.717) is 5.92 Å². The number of hydrogen-bond donors (Lipinski definition) is 1. The molecule has 0 saturated carbocycles. The second-order valence-corrected chi connectivity index (χ2v) is 4.32. The van der Waals surface area contributed by atoms with Crippen LogP contribution in [0.1, 0.15) is 53.4 Å². The lowest BCUT2D eigenvalue weighted by Gasteiger charge is -2.17. The molecule has 0 aliphatic heterocycles. The van der Waals surface area contributed by atoms with E-state index >= 15 is 0 Å². The number of aliphatic hydroxyl groups excluding tert-OH is 1. The molecule has 1 nitrogen and oxygen atoms in total. The van der Waals surface area contributed by atoms with Crippen LogP contribution < -0.4 is 0 Å². The van der Waals surface area contributed by atoms with Gasteiger partial charge in [0.2, 0.25) is 0 Å². The summed E-state index contributed by atoms with van der Waals surface area (Å²) in [5, 5.41) is 9.17. The topological polar surface area (TPSA) is 20.2 Å². The average molecular weight is 172 g/mol. The molecule has 1 N–H and O–H groups in total. The van der Waals surface area contributed by atoms with E-state index in [4.69, 9.17) is 5.11 Å². The first-order chi connectivity index (χ1) is 5.56. The molecule has 0 unspecified atom stereocenters. The molecule has 0 amide bonds. The maximum atomic E-state index is 9.17. The van der Waals surface area contributed by atoms with E-state index in [1.165, 1.54) is 19.3 Å². The van der Waals surface area contributed by atoms with E-state index in [-0.39, 0.29) is 6.10 Å². The first kappa shape index (κ1) is 12.0. The van der Waals surface area contributed by atoms with Crippen molar-refractivity contribution in [3.05, 3.63) is 0 Å². The van der Waals surface area contributed by atoms with E-state index in [1.807, 2.05) is 6.92 Å². The molecule has 0 aromatic rings. The van der Waals surface area contributed by atoms with Gasteiger partial charge in [-0.25, -0.2) is 0 Å². The molecule has 0 rings (SSSR count). The highest BCUT2D eigenvalue weighted by Crippen LogP contribution is 2.19. The van der Waals surface area contributed by atoms with Crippen LogP contribution in [0.4, 0.5) is 0 Å². The molecular weight excluding hydrogens is 148 g/mol. The summed E-state index contributed by atoms with van der Waals surface area (Å²) in [6.45, 7) is 8.65. The summed E-state index contributed by atoms with van der Waals surface area (Å²) in [7, 11) is 0. The van der Waals surface area contributed by atoms with Gasteiger partial charge in [-0.05, 0) is 31.6 Å². The third kappa shape index (κ3) is 6.66. The Kier molecular flexibility index (Phi) is 6.45. The van der Waals surface area contributed by atoms with Gasteiger partial charge in [0.25, 0.3) is 0 Å². The summed E-state index contributed by atoms with van der Waals surface area (Å²) in [4.78, 5) is 0. The Morgan fingerprint density at radius 1 is 1.00 bits per heavy atom. The highest BCUT2D eigenvalue weighted by molar-refractivity contribution is 4.61. The molecule has 0 saturated heterocycles. The summed E-state index contributed by atoms with van der Waals surface area (Å²) in [6.07, 6.45) is 4.69. The van der Waals surface area contributed by atoms with Crippen LogP contribution in [0.3, 0.4) is 0 Å². The fraction of sp³-hybridized carbons (Fsp3) is 1.00. The smallest absolute Gasteiger partial charge is 0.0514 e. The van der Waals surface area contributed by atoms with Crippen molar-refractivity contribution in [1.29, 1.82) is 0 Å². The molecule has 0 aromatic heterocycles. The third-order valence-electron chi connectivity index (χ3n) is 2.33. The molecule has 12 heavy (non-hydrogen) atoms. The Labute approximate surface area is 77.2 Å². The van der Waals surface area contributed by atoms with E-state index in [0.717, 1.165) is 12.3 Å². The van der Waals surface area contributed by atoms with Gasteiger partial charge >= 0.3 is 0 Å². The van der Waals surface area contributed by atoms with Gasteiger partial charge in [0.1, 0.15) is 0 Å². The Morgan fingerprint density at radius 2 is 1.58 bits per heavy atom. The molecule has 0 spiro atoms. The monoisotopic (exact) mass is 172 g/mol. The molecule has 0 aromatic carbocycles. The summed E-state index contributed by atoms with van der Waals surface area (Å²) >= 11 is 0. The fourth-order valence-electron chi connectivity index (χ4n) is 1.98. The van der Waals surface area contributed by atoms with Crippen LogP contribution in [0.15, 0.2) is 0 Å². The van der Waals surface area contributed by atoms with Gasteiger partial charge < -0.3 is 5.11 Å². The van der Waals surface area contributed by atoms with Crippen LogP contribution in [-0.2, 0) is 0 Å². The van der Waals surface area contributed by atoms with Gasteiger partial charge in [0.15, 0.2) is 0 Å². The third-order valence-corrected chi connectivity index (χ3v) is 2.33. The summed E-state index contributed by atoms with van der Waals surface area (Å²) in [5.41, 5.74) is 0. The second-order valence-electron chi connectivity index (χ2n) is 4.32. The molecular formula is C11H24O. The largest absolute Gasteiger partial charge is 0.393 e. The predicted molar refractivity (Wildman–Crippen MR) is 54.2 cm³/mol. The van der Waals surface area contributed by atoms with Gasteiger partial charge in [-0.15, -0.1) is 0 Å². The first-order valence-electron chi connectivity index (χ1n) is 5.24. The van der Waals surface area contributed by atoms with Crippen molar-refractivity contribution in [1.82, 2.24) is 0 Å². The Balaban J connectivity index is 3.46. The Morgan fingerprint density at radius 3 is 2.00 bits per heavy atom. The van der Waals surface area contributed by atoms with Crippen molar-refractivity contribution < 1.29 is 5.11 Å². The average Bonchev–Trinajstić information content (AvgIpc) is 1.84. The maximum Gasteiger partial charge on any atom is 0.0514 e. The van der Waals surface area contributed by atoms with Gasteiger partial charge in [0, 0.05) is 0 Å². The van der Waals surface area contributed by atoms with Crippen molar-refractivity contribution in [2.45, 2.75) is 59.5 Å². The predicted octanol–water partition coefficient (Wildman–Crippen LogP) is 3.22. The summed E-state index contributed by atoms with van der Waals surface area (Å²) in [6, 6.07) is 0. The van der Waals surface area contributed by atoms with E-state index in [9.17, 15) is 0 Å². The van der Waals surface area contributed by atoms with Gasteiger partial charge in [-0.3, -0.25) is 0 Å². The fourth-order valence-corrected chi connectivity index (χ4v) is 1.98. The van der Waals surface area contributed by atoms with E-state index in [2.05, 4.69) is 20.8 Å². The van der Waals surface area contributed by atoms with Crippen LogP contribution in [0.25, 0.3) is 0 Å². The van der Waals surface area contributed by atoms with Crippen LogP contribution in [-0.4, -0.2) is 11.2 Å². The molecule has 3 atom stereocenters. The summed E-state index contributed by atoms with van der Waals surface area (Å²) in [5.74, 6) is 1.50. The minimum atomic E-state index is -0.131. The van der Waals surface area contributed by atoms with Crippen LogP contribution >= 0.6 is 0 Å². The van der Waals surface area contributed by atoms with E-state index < -0.39 is 0 Å². The van der Waals surface area contributed by atoms with Crippen LogP contribution in [0, 0.1) is 11.8 Å². The van der Waals surface area contributed by atoms with Gasteiger partial charge in [-0.1, -0.05) is 33.6 Å². The molecule has 1 heteroatoms. The highest BCUT2D eigenvalue weighted by atomic mass is 16.3. The minimum Gasteiger partial charge on any atom is -0.393 e. The zero-order valence-corrected chi connectivity index (χ0v) is 9.01. The zero-order chi connectivity index (χ0) is 9.56. The van der Waals surface area contributed by atoms with Gasteiger partial charge in [0.05, 0.1) is 6.10 Å². The lowest BCUT2D eigenvalue weighted by Crippen LogP contribution is -2.10. The lowest BCUT2D eigenvalue weighted by molar-refractivity contribution is 0.156. The standard InChI is InChI=1S/C11H24O/c1-5-6-9(2)7-10(3)8-11(4)12/h9-12H,5-8H2,1-4H3/t9-,10-,11+/m0/s1. The van der Waals surface area contributed by atoms with Crippen molar-refractivity contribution in [3.63, 3.8) is 0 Å². The molecule has 74 valence electrons.